The van der Waals surface area contributed by atoms with E-state index in [1.807, 2.05) is 30.5 Å². The zero-order chi connectivity index (χ0) is 14.5. The minimum absolute atomic E-state index is 0.0375. The van der Waals surface area contributed by atoms with E-state index in [-0.39, 0.29) is 6.04 Å². The standard InChI is InChI=1S/C14H19N3O2S/c1-9-8-20-14(16-9)7-13(17-15)10-4-11(18-2)6-12(5-10)19-3/h4-6,8,13,17H,7,15H2,1-3H3. The lowest BCUT2D eigenvalue weighted by Gasteiger charge is -2.17. The number of nitrogens with two attached hydrogens (primary N) is 1. The van der Waals surface area contributed by atoms with E-state index in [9.17, 15) is 0 Å². The van der Waals surface area contributed by atoms with Crippen LogP contribution in [0.1, 0.15) is 22.3 Å². The Balaban J connectivity index is 2.26. The molecule has 1 unspecified atom stereocenters. The lowest BCUT2D eigenvalue weighted by atomic mass is 10.0. The second-order valence-electron chi connectivity index (χ2n) is 4.45. The van der Waals surface area contributed by atoms with Gasteiger partial charge in [-0.25, -0.2) is 4.98 Å². The van der Waals surface area contributed by atoms with E-state index >= 15 is 0 Å². The van der Waals surface area contributed by atoms with Gasteiger partial charge in [-0.05, 0) is 24.6 Å². The summed E-state index contributed by atoms with van der Waals surface area (Å²) in [6, 6.07) is 5.70. The summed E-state index contributed by atoms with van der Waals surface area (Å²) in [5, 5.41) is 3.09. The van der Waals surface area contributed by atoms with Crippen molar-refractivity contribution in [2.24, 2.45) is 5.84 Å². The third kappa shape index (κ3) is 3.47. The number of nitrogens with one attached hydrogen (secondary N) is 1. The summed E-state index contributed by atoms with van der Waals surface area (Å²) in [7, 11) is 3.27. The molecule has 3 N–H and O–H groups in total. The Morgan fingerprint density at radius 3 is 2.35 bits per heavy atom. The molecule has 0 saturated heterocycles. The largest absolute Gasteiger partial charge is 0.497 e. The molecule has 1 aromatic carbocycles. The van der Waals surface area contributed by atoms with Gasteiger partial charge in [0.25, 0.3) is 0 Å². The average molecular weight is 293 g/mol. The zero-order valence-electron chi connectivity index (χ0n) is 11.8. The number of methoxy groups -OCH3 is 2. The van der Waals surface area contributed by atoms with Crippen molar-refractivity contribution in [2.45, 2.75) is 19.4 Å². The number of benzene rings is 1. The molecule has 108 valence electrons. The van der Waals surface area contributed by atoms with E-state index in [4.69, 9.17) is 15.3 Å². The molecule has 0 bridgehead atoms. The van der Waals surface area contributed by atoms with Crippen LogP contribution in [-0.4, -0.2) is 19.2 Å². The number of nitrogens with zero attached hydrogens (tertiary/aromatic N) is 1. The minimum Gasteiger partial charge on any atom is -0.497 e. The highest BCUT2D eigenvalue weighted by atomic mass is 32.1. The topological polar surface area (TPSA) is 69.4 Å². The van der Waals surface area contributed by atoms with Crippen molar-refractivity contribution >= 4 is 11.3 Å². The number of aryl methyl sites for hydroxylation is 1. The van der Waals surface area contributed by atoms with Crippen LogP contribution in [0.4, 0.5) is 0 Å². The van der Waals surface area contributed by atoms with Crippen molar-refractivity contribution < 1.29 is 9.47 Å². The second kappa shape index (κ2) is 6.69. The van der Waals surface area contributed by atoms with Gasteiger partial charge in [-0.1, -0.05) is 0 Å². The number of aromatic nitrogens is 1. The minimum atomic E-state index is -0.0375. The van der Waals surface area contributed by atoms with Crippen LogP contribution >= 0.6 is 11.3 Å². The maximum atomic E-state index is 5.69. The molecule has 0 radical (unpaired) electrons. The first-order valence-corrected chi connectivity index (χ1v) is 7.14. The zero-order valence-corrected chi connectivity index (χ0v) is 12.7. The summed E-state index contributed by atoms with van der Waals surface area (Å²) >= 11 is 1.64. The molecule has 0 fully saturated rings. The Bertz CT molecular complexity index is 549. The van der Waals surface area contributed by atoms with Crippen LogP contribution in [-0.2, 0) is 6.42 Å². The van der Waals surface area contributed by atoms with Crippen molar-refractivity contribution in [3.8, 4) is 11.5 Å². The fourth-order valence-corrected chi connectivity index (χ4v) is 2.79. The fourth-order valence-electron chi connectivity index (χ4n) is 1.97. The quantitative estimate of drug-likeness (QED) is 0.631. The summed E-state index contributed by atoms with van der Waals surface area (Å²) in [5.74, 6) is 7.18. The molecule has 6 heteroatoms. The number of thiazole rings is 1. The summed E-state index contributed by atoms with van der Waals surface area (Å²) < 4.78 is 10.6. The second-order valence-corrected chi connectivity index (χ2v) is 5.39. The highest BCUT2D eigenvalue weighted by Crippen LogP contribution is 2.28. The van der Waals surface area contributed by atoms with Crippen molar-refractivity contribution in [1.82, 2.24) is 10.4 Å². The summed E-state index contributed by atoms with van der Waals surface area (Å²) in [6.07, 6.45) is 0.728. The summed E-state index contributed by atoms with van der Waals surface area (Å²) in [6.45, 7) is 1.99. The smallest absolute Gasteiger partial charge is 0.122 e. The predicted octanol–water partition coefficient (Wildman–Crippen LogP) is 2.22. The lowest BCUT2D eigenvalue weighted by Crippen LogP contribution is -2.29. The van der Waals surface area contributed by atoms with Crippen LogP contribution in [0.5, 0.6) is 11.5 Å². The van der Waals surface area contributed by atoms with Gasteiger partial charge >= 0.3 is 0 Å². The summed E-state index contributed by atoms with van der Waals surface area (Å²) in [4.78, 5) is 4.47. The molecular formula is C14H19N3O2S. The summed E-state index contributed by atoms with van der Waals surface area (Å²) in [5.41, 5.74) is 4.88. The molecule has 20 heavy (non-hydrogen) atoms. The maximum Gasteiger partial charge on any atom is 0.122 e. The van der Waals surface area contributed by atoms with E-state index < -0.39 is 0 Å². The SMILES string of the molecule is COc1cc(OC)cc(C(Cc2nc(C)cs2)NN)c1. The highest BCUT2D eigenvalue weighted by molar-refractivity contribution is 7.09. The van der Waals surface area contributed by atoms with Gasteiger partial charge in [0.1, 0.15) is 11.5 Å². The van der Waals surface area contributed by atoms with Crippen LogP contribution in [0.2, 0.25) is 0 Å². The Hall–Kier alpha value is -1.63. The number of hydrogen-bond donors (Lipinski definition) is 2. The molecule has 2 rings (SSSR count). The molecular weight excluding hydrogens is 274 g/mol. The molecule has 0 aliphatic rings. The first-order chi connectivity index (χ1) is 9.66. The van der Waals surface area contributed by atoms with E-state index in [1.165, 1.54) is 0 Å². The molecule has 5 nitrogen and oxygen atoms in total. The van der Waals surface area contributed by atoms with Crippen molar-refractivity contribution in [2.75, 3.05) is 14.2 Å². The van der Waals surface area contributed by atoms with Crippen molar-refractivity contribution in [3.05, 3.63) is 39.8 Å². The van der Waals surface area contributed by atoms with Crippen LogP contribution in [0.3, 0.4) is 0 Å². The van der Waals surface area contributed by atoms with Crippen LogP contribution in [0, 0.1) is 6.92 Å². The fraction of sp³-hybridized carbons (Fsp3) is 0.357. The third-order valence-corrected chi connectivity index (χ3v) is 4.01. The number of rotatable bonds is 6. The van der Waals surface area contributed by atoms with Crippen LogP contribution in [0.15, 0.2) is 23.6 Å². The molecule has 1 aromatic heterocycles. The van der Waals surface area contributed by atoms with Crippen molar-refractivity contribution in [1.29, 1.82) is 0 Å². The predicted molar refractivity (Wildman–Crippen MR) is 80.2 cm³/mol. The third-order valence-electron chi connectivity index (χ3n) is 3.02. The average Bonchev–Trinajstić information content (AvgIpc) is 2.89. The number of hydrazine groups is 1. The van der Waals surface area contributed by atoms with E-state index in [0.717, 1.165) is 34.2 Å². The lowest BCUT2D eigenvalue weighted by molar-refractivity contribution is 0.391. The number of hydrogen-bond acceptors (Lipinski definition) is 6. The van der Waals surface area contributed by atoms with Gasteiger partial charge in [-0.3, -0.25) is 11.3 Å². The molecule has 1 atom stereocenters. The van der Waals surface area contributed by atoms with Gasteiger partial charge in [0.15, 0.2) is 0 Å². The molecule has 0 aliphatic heterocycles. The highest BCUT2D eigenvalue weighted by Gasteiger charge is 2.15. The maximum absolute atomic E-state index is 5.69. The van der Waals surface area contributed by atoms with Gasteiger partial charge in [-0.15, -0.1) is 11.3 Å². The molecule has 0 saturated carbocycles. The number of ether oxygens (including phenoxy) is 2. The van der Waals surface area contributed by atoms with Gasteiger partial charge in [0.05, 0.1) is 25.3 Å². The van der Waals surface area contributed by atoms with E-state index in [2.05, 4.69) is 10.4 Å². The Morgan fingerprint density at radius 1 is 1.25 bits per heavy atom. The first kappa shape index (κ1) is 14.8. The molecule has 2 aromatic rings. The monoisotopic (exact) mass is 293 g/mol. The molecule has 1 heterocycles. The van der Waals surface area contributed by atoms with Gasteiger partial charge in [0.2, 0.25) is 0 Å². The van der Waals surface area contributed by atoms with E-state index in [1.54, 1.807) is 25.6 Å². The molecule has 0 aliphatic carbocycles. The normalized spacial score (nSPS) is 12.2. The van der Waals surface area contributed by atoms with E-state index in [0.29, 0.717) is 0 Å². The Morgan fingerprint density at radius 2 is 1.90 bits per heavy atom. The Labute approximate surface area is 122 Å². The molecule has 0 amide bonds. The van der Waals surface area contributed by atoms with Gasteiger partial charge in [0, 0.05) is 23.6 Å². The van der Waals surface area contributed by atoms with Crippen LogP contribution < -0.4 is 20.7 Å². The molecule has 0 spiro atoms. The first-order valence-electron chi connectivity index (χ1n) is 6.26. The van der Waals surface area contributed by atoms with Crippen LogP contribution in [0.25, 0.3) is 0 Å². The van der Waals surface area contributed by atoms with Gasteiger partial charge < -0.3 is 9.47 Å². The van der Waals surface area contributed by atoms with Crippen molar-refractivity contribution in [3.63, 3.8) is 0 Å². The Kier molecular flexibility index (Phi) is 4.94. The van der Waals surface area contributed by atoms with Gasteiger partial charge in [-0.2, -0.15) is 0 Å².